The number of carbonyl (C=O) groups is 1. The first kappa shape index (κ1) is 21.0. The molecule has 0 N–H and O–H groups in total. The van der Waals surface area contributed by atoms with E-state index in [4.69, 9.17) is 0 Å². The van der Waals surface area contributed by atoms with E-state index in [1.54, 1.807) is 11.0 Å². The zero-order valence-corrected chi connectivity index (χ0v) is 16.4. The van der Waals surface area contributed by atoms with E-state index in [-0.39, 0.29) is 16.3 Å². The van der Waals surface area contributed by atoms with E-state index < -0.39 is 18.7 Å². The van der Waals surface area contributed by atoms with E-state index in [2.05, 4.69) is 5.10 Å². The second kappa shape index (κ2) is 8.77. The predicted octanol–water partition coefficient (Wildman–Crippen LogP) is 6.00. The van der Waals surface area contributed by atoms with Crippen molar-refractivity contribution >= 4 is 22.9 Å². The smallest absolute Gasteiger partial charge is 0.308 e. The molecule has 9 heteroatoms. The van der Waals surface area contributed by atoms with Crippen LogP contribution >= 0.6 is 11.3 Å². The highest BCUT2D eigenvalue weighted by atomic mass is 32.1. The number of anilines is 1. The molecule has 2 heterocycles. The van der Waals surface area contributed by atoms with E-state index in [0.29, 0.717) is 16.3 Å². The molecule has 3 rings (SSSR count). The summed E-state index contributed by atoms with van der Waals surface area (Å²) in [7, 11) is 0. The van der Waals surface area contributed by atoms with Crippen LogP contribution in [0.25, 0.3) is 10.6 Å². The molecule has 0 atom stereocenters. The van der Waals surface area contributed by atoms with Crippen LogP contribution in [0.15, 0.2) is 48.5 Å². The number of alkyl halides is 4. The van der Waals surface area contributed by atoms with Crippen LogP contribution in [0, 0.1) is 0 Å². The Morgan fingerprint density at radius 1 is 1.17 bits per heavy atom. The molecular formula is C20H19F4N3OS. The normalized spacial score (nSPS) is 11.6. The molecule has 154 valence electrons. The third-order valence-corrected chi connectivity index (χ3v) is 5.40. The molecule has 0 radical (unpaired) electrons. The van der Waals surface area contributed by atoms with Gasteiger partial charge in [-0.05, 0) is 36.8 Å². The van der Waals surface area contributed by atoms with Crippen molar-refractivity contribution in [2.24, 2.45) is 0 Å². The van der Waals surface area contributed by atoms with Crippen molar-refractivity contribution in [3.63, 3.8) is 0 Å². The molecule has 2 aromatic heterocycles. The standard InChI is InChI=1S/C20H19F4N3OS/c1-2-3-11-26(14-7-5-4-6-8-14)19(28)17-10-9-16(29-17)15-12-18(20(22,23)24)27(13-21)25-15/h4-10,12H,2-3,11,13H2,1H3. The number of aromatic nitrogens is 2. The lowest BCUT2D eigenvalue weighted by molar-refractivity contribution is -0.145. The van der Waals surface area contributed by atoms with Crippen LogP contribution in [0.2, 0.25) is 0 Å². The van der Waals surface area contributed by atoms with Gasteiger partial charge in [-0.1, -0.05) is 31.5 Å². The molecule has 4 nitrogen and oxygen atoms in total. The van der Waals surface area contributed by atoms with E-state index in [1.165, 1.54) is 6.07 Å². The minimum Gasteiger partial charge on any atom is -0.308 e. The Kier molecular flexibility index (Phi) is 6.36. The number of benzene rings is 1. The Hall–Kier alpha value is -2.68. The fraction of sp³-hybridized carbons (Fsp3) is 0.300. The molecule has 3 aromatic rings. The van der Waals surface area contributed by atoms with Gasteiger partial charge in [-0.2, -0.15) is 18.3 Å². The molecule has 1 amide bonds. The third kappa shape index (κ3) is 4.67. The Labute approximate surface area is 169 Å². The largest absolute Gasteiger partial charge is 0.433 e. The van der Waals surface area contributed by atoms with E-state index in [9.17, 15) is 22.4 Å². The summed E-state index contributed by atoms with van der Waals surface area (Å²) >= 11 is 1.04. The van der Waals surface area contributed by atoms with Crippen LogP contribution in [-0.2, 0) is 13.0 Å². The minimum atomic E-state index is -4.71. The van der Waals surface area contributed by atoms with Crippen LogP contribution in [0.4, 0.5) is 23.2 Å². The average Bonchev–Trinajstić information content (AvgIpc) is 3.35. The fourth-order valence-corrected chi connectivity index (χ4v) is 3.76. The number of hydrogen-bond acceptors (Lipinski definition) is 3. The van der Waals surface area contributed by atoms with E-state index >= 15 is 0 Å². The summed E-state index contributed by atoms with van der Waals surface area (Å²) in [5.41, 5.74) is -0.425. The quantitative estimate of drug-likeness (QED) is 0.435. The van der Waals surface area contributed by atoms with Gasteiger partial charge in [0, 0.05) is 12.2 Å². The van der Waals surface area contributed by atoms with Gasteiger partial charge in [0.1, 0.15) is 11.4 Å². The SMILES string of the molecule is CCCCN(C(=O)c1ccc(-c2cc(C(F)(F)F)n(CF)n2)s1)c1ccccc1. The molecule has 29 heavy (non-hydrogen) atoms. The Morgan fingerprint density at radius 3 is 2.48 bits per heavy atom. The Bertz CT molecular complexity index is 966. The van der Waals surface area contributed by atoms with Crippen LogP contribution in [0.5, 0.6) is 0 Å². The molecule has 0 unspecified atom stereocenters. The van der Waals surface area contributed by atoms with Crippen molar-refractivity contribution in [2.45, 2.75) is 32.7 Å². The maximum atomic E-state index is 13.1. The number of rotatable bonds is 7. The second-order valence-corrected chi connectivity index (χ2v) is 7.43. The third-order valence-electron chi connectivity index (χ3n) is 4.30. The summed E-state index contributed by atoms with van der Waals surface area (Å²) in [6, 6.07) is 13.1. The highest BCUT2D eigenvalue weighted by Gasteiger charge is 2.36. The van der Waals surface area contributed by atoms with Crippen LogP contribution in [0.3, 0.4) is 0 Å². The van der Waals surface area contributed by atoms with E-state index in [0.717, 1.165) is 35.9 Å². The van der Waals surface area contributed by atoms with Crippen molar-refractivity contribution in [3.05, 3.63) is 59.1 Å². The first-order chi connectivity index (χ1) is 13.8. The molecule has 0 aliphatic heterocycles. The Balaban J connectivity index is 1.90. The Morgan fingerprint density at radius 2 is 1.90 bits per heavy atom. The van der Waals surface area contributed by atoms with Crippen LogP contribution < -0.4 is 4.90 Å². The first-order valence-corrected chi connectivity index (χ1v) is 9.85. The fourth-order valence-electron chi connectivity index (χ4n) is 2.85. The van der Waals surface area contributed by atoms with Crippen molar-refractivity contribution < 1.29 is 22.4 Å². The van der Waals surface area contributed by atoms with Gasteiger partial charge in [-0.15, -0.1) is 11.3 Å². The van der Waals surface area contributed by atoms with Crippen LogP contribution in [-0.4, -0.2) is 22.2 Å². The lowest BCUT2D eigenvalue weighted by Gasteiger charge is -2.22. The summed E-state index contributed by atoms with van der Waals surface area (Å²) in [6.45, 7) is 1.17. The molecular weight excluding hydrogens is 406 g/mol. The van der Waals surface area contributed by atoms with Gasteiger partial charge in [0.15, 0.2) is 6.80 Å². The van der Waals surface area contributed by atoms with Crippen molar-refractivity contribution in [3.8, 4) is 10.6 Å². The predicted molar refractivity (Wildman–Crippen MR) is 105 cm³/mol. The summed E-state index contributed by atoms with van der Waals surface area (Å²) in [6.07, 6.45) is -2.99. The number of amides is 1. The number of halogens is 4. The number of thiophene rings is 1. The topological polar surface area (TPSA) is 38.1 Å². The van der Waals surface area contributed by atoms with Crippen LogP contribution in [0.1, 0.15) is 35.1 Å². The number of nitrogens with zero attached hydrogens (tertiary/aromatic N) is 3. The monoisotopic (exact) mass is 425 g/mol. The second-order valence-electron chi connectivity index (χ2n) is 6.34. The zero-order chi connectivity index (χ0) is 21.0. The van der Waals surface area contributed by atoms with Gasteiger partial charge >= 0.3 is 6.18 Å². The number of unbranched alkanes of at least 4 members (excludes halogenated alkanes) is 1. The van der Waals surface area contributed by atoms with Gasteiger partial charge in [0.25, 0.3) is 5.91 Å². The van der Waals surface area contributed by atoms with Crippen molar-refractivity contribution in [2.75, 3.05) is 11.4 Å². The van der Waals surface area contributed by atoms with Gasteiger partial charge < -0.3 is 4.90 Å². The van der Waals surface area contributed by atoms with E-state index in [1.807, 2.05) is 37.3 Å². The highest BCUT2D eigenvalue weighted by molar-refractivity contribution is 7.17. The average molecular weight is 425 g/mol. The number of para-hydroxylation sites is 1. The minimum absolute atomic E-state index is 0.0150. The van der Waals surface area contributed by atoms with Crippen molar-refractivity contribution in [1.29, 1.82) is 0 Å². The zero-order valence-electron chi connectivity index (χ0n) is 15.6. The van der Waals surface area contributed by atoms with Gasteiger partial charge in [0.2, 0.25) is 0 Å². The lowest BCUT2D eigenvalue weighted by Crippen LogP contribution is -2.31. The molecule has 0 bridgehead atoms. The summed E-state index contributed by atoms with van der Waals surface area (Å²) < 4.78 is 52.3. The molecule has 0 fully saturated rings. The molecule has 0 saturated heterocycles. The molecule has 0 saturated carbocycles. The highest BCUT2D eigenvalue weighted by Crippen LogP contribution is 2.35. The molecule has 0 aliphatic rings. The molecule has 0 aliphatic carbocycles. The summed E-state index contributed by atoms with van der Waals surface area (Å²) in [5, 5.41) is 3.70. The first-order valence-electron chi connectivity index (χ1n) is 9.03. The van der Waals surface area contributed by atoms with Gasteiger partial charge in [0.05, 0.1) is 9.75 Å². The van der Waals surface area contributed by atoms with Crippen molar-refractivity contribution in [1.82, 2.24) is 9.78 Å². The van der Waals surface area contributed by atoms with Gasteiger partial charge in [-0.25, -0.2) is 9.07 Å². The maximum absolute atomic E-state index is 13.1. The van der Waals surface area contributed by atoms with Gasteiger partial charge in [-0.3, -0.25) is 4.79 Å². The maximum Gasteiger partial charge on any atom is 0.433 e. The molecule has 1 aromatic carbocycles. The summed E-state index contributed by atoms with van der Waals surface area (Å²) in [5.74, 6) is -0.234. The number of hydrogen-bond donors (Lipinski definition) is 0. The number of carbonyl (C=O) groups excluding carboxylic acids is 1. The summed E-state index contributed by atoms with van der Waals surface area (Å²) in [4.78, 5) is 15.5. The molecule has 0 spiro atoms. The lowest BCUT2D eigenvalue weighted by atomic mass is 10.2.